The lowest BCUT2D eigenvalue weighted by atomic mass is 10.1. The minimum Gasteiger partial charge on any atom is -0.748 e. The Balaban J connectivity index is 4.24. The normalized spacial score (nSPS) is 10.8. The van der Waals surface area contributed by atoms with Gasteiger partial charge in [0.05, 0.1) is 27.5 Å². The molecule has 0 rings (SSSR count). The summed E-state index contributed by atoms with van der Waals surface area (Å²) in [4.78, 5) is 0. The molecular formula is C7H9N2O3S-. The van der Waals surface area contributed by atoms with Gasteiger partial charge < -0.3 is 4.55 Å². The van der Waals surface area contributed by atoms with Crippen molar-refractivity contribution in [3.8, 4) is 12.1 Å². The zero-order valence-electron chi connectivity index (χ0n) is 6.93. The molecule has 0 saturated carbocycles. The lowest BCUT2D eigenvalue weighted by Gasteiger charge is -2.17. The van der Waals surface area contributed by atoms with Gasteiger partial charge in [-0.1, -0.05) is 0 Å². The third-order valence-corrected chi connectivity index (χ3v) is 2.85. The Kier molecular flexibility index (Phi) is 5.05. The standard InChI is InChI=1S/C7H10N2O3S/c8-5-1-3-7(4-2-6-9)13(10,11)12/h7H,1-4H2,(H,10,11,12)/p-1. The molecule has 0 saturated heterocycles. The summed E-state index contributed by atoms with van der Waals surface area (Å²) < 4.78 is 31.7. The highest BCUT2D eigenvalue weighted by atomic mass is 32.2. The van der Waals surface area contributed by atoms with Crippen LogP contribution in [0.5, 0.6) is 0 Å². The van der Waals surface area contributed by atoms with Gasteiger partial charge in [0.1, 0.15) is 0 Å². The van der Waals surface area contributed by atoms with Crippen LogP contribution in [-0.2, 0) is 10.1 Å². The molecule has 0 aromatic rings. The van der Waals surface area contributed by atoms with Crippen LogP contribution in [-0.4, -0.2) is 18.2 Å². The molecule has 13 heavy (non-hydrogen) atoms. The Hall–Kier alpha value is -1.11. The zero-order valence-corrected chi connectivity index (χ0v) is 7.75. The maximum Gasteiger partial charge on any atom is 0.0976 e. The van der Waals surface area contributed by atoms with Crippen molar-refractivity contribution in [2.24, 2.45) is 0 Å². The van der Waals surface area contributed by atoms with E-state index in [2.05, 4.69) is 0 Å². The molecule has 0 aliphatic rings. The fourth-order valence-electron chi connectivity index (χ4n) is 0.884. The molecule has 0 N–H and O–H groups in total. The van der Waals surface area contributed by atoms with E-state index >= 15 is 0 Å². The Morgan fingerprint density at radius 3 is 1.77 bits per heavy atom. The Bertz CT molecular complexity index is 305. The maximum atomic E-state index is 10.6. The molecule has 0 radical (unpaired) electrons. The first-order chi connectivity index (χ1) is 6.02. The van der Waals surface area contributed by atoms with Gasteiger partial charge >= 0.3 is 0 Å². The molecule has 0 aliphatic carbocycles. The van der Waals surface area contributed by atoms with Crippen LogP contribution in [0.2, 0.25) is 0 Å². The fourth-order valence-corrected chi connectivity index (χ4v) is 1.70. The minimum absolute atomic E-state index is 0.0179. The van der Waals surface area contributed by atoms with Crippen molar-refractivity contribution in [1.29, 1.82) is 10.5 Å². The minimum atomic E-state index is -4.36. The zero-order chi connectivity index (χ0) is 10.3. The quantitative estimate of drug-likeness (QED) is 0.602. The van der Waals surface area contributed by atoms with Crippen LogP contribution < -0.4 is 0 Å². The van der Waals surface area contributed by atoms with Crippen molar-refractivity contribution in [1.82, 2.24) is 0 Å². The number of hydrogen-bond acceptors (Lipinski definition) is 5. The van der Waals surface area contributed by atoms with Crippen LogP contribution in [0, 0.1) is 22.7 Å². The van der Waals surface area contributed by atoms with E-state index in [4.69, 9.17) is 10.5 Å². The molecule has 5 nitrogen and oxygen atoms in total. The van der Waals surface area contributed by atoms with Crippen molar-refractivity contribution in [3.63, 3.8) is 0 Å². The van der Waals surface area contributed by atoms with Crippen molar-refractivity contribution >= 4 is 10.1 Å². The molecular weight excluding hydrogens is 192 g/mol. The fraction of sp³-hybridized carbons (Fsp3) is 0.714. The Morgan fingerprint density at radius 2 is 1.54 bits per heavy atom. The topological polar surface area (TPSA) is 105 Å². The van der Waals surface area contributed by atoms with E-state index in [0.717, 1.165) is 0 Å². The molecule has 6 heteroatoms. The second-order valence-electron chi connectivity index (χ2n) is 2.51. The molecule has 0 aromatic carbocycles. The SMILES string of the molecule is N#CCCC(CCC#N)S(=O)(=O)[O-]. The van der Waals surface area contributed by atoms with Gasteiger partial charge in [0.15, 0.2) is 0 Å². The van der Waals surface area contributed by atoms with Gasteiger partial charge in [0, 0.05) is 12.8 Å². The monoisotopic (exact) mass is 201 g/mol. The summed E-state index contributed by atoms with van der Waals surface area (Å²) in [5.41, 5.74) is 0. The maximum absolute atomic E-state index is 10.6. The van der Waals surface area contributed by atoms with Crippen LogP contribution >= 0.6 is 0 Å². The first-order valence-corrected chi connectivity index (χ1v) is 5.18. The van der Waals surface area contributed by atoms with Crippen molar-refractivity contribution < 1.29 is 13.0 Å². The summed E-state index contributed by atoms with van der Waals surface area (Å²) >= 11 is 0. The summed E-state index contributed by atoms with van der Waals surface area (Å²) in [7, 11) is -4.36. The van der Waals surface area contributed by atoms with E-state index in [-0.39, 0.29) is 25.7 Å². The molecule has 0 spiro atoms. The van der Waals surface area contributed by atoms with Gasteiger partial charge in [-0.3, -0.25) is 0 Å². The number of rotatable bonds is 5. The highest BCUT2D eigenvalue weighted by molar-refractivity contribution is 7.86. The molecule has 0 aliphatic heterocycles. The van der Waals surface area contributed by atoms with E-state index in [1.165, 1.54) is 0 Å². The highest BCUT2D eigenvalue weighted by Gasteiger charge is 2.15. The smallest absolute Gasteiger partial charge is 0.0976 e. The molecule has 0 fully saturated rings. The van der Waals surface area contributed by atoms with Crippen molar-refractivity contribution in [2.75, 3.05) is 0 Å². The van der Waals surface area contributed by atoms with Crippen LogP contribution in [0.4, 0.5) is 0 Å². The van der Waals surface area contributed by atoms with E-state index < -0.39 is 15.4 Å². The summed E-state index contributed by atoms with van der Waals surface area (Å²) in [5.74, 6) is 0. The van der Waals surface area contributed by atoms with Gasteiger partial charge in [0.25, 0.3) is 0 Å². The predicted molar refractivity (Wildman–Crippen MR) is 43.2 cm³/mol. The number of nitriles is 2. The molecule has 0 bridgehead atoms. The largest absolute Gasteiger partial charge is 0.748 e. The first kappa shape index (κ1) is 11.9. The average molecular weight is 201 g/mol. The van der Waals surface area contributed by atoms with Gasteiger partial charge in [-0.2, -0.15) is 10.5 Å². The number of hydrogen-bond donors (Lipinski definition) is 0. The van der Waals surface area contributed by atoms with E-state index in [1.54, 1.807) is 12.1 Å². The lowest BCUT2D eigenvalue weighted by molar-refractivity contribution is 0.439. The Labute approximate surface area is 77.3 Å². The summed E-state index contributed by atoms with van der Waals surface area (Å²) in [5, 5.41) is 15.3. The van der Waals surface area contributed by atoms with Gasteiger partial charge in [-0.15, -0.1) is 0 Å². The third-order valence-electron chi connectivity index (χ3n) is 1.56. The molecule has 0 heterocycles. The van der Waals surface area contributed by atoms with Crippen LogP contribution in [0.3, 0.4) is 0 Å². The van der Waals surface area contributed by atoms with Gasteiger partial charge in [-0.05, 0) is 12.8 Å². The molecule has 72 valence electrons. The second-order valence-corrected chi connectivity index (χ2v) is 4.16. The predicted octanol–water partition coefficient (Wildman–Crippen LogP) is 0.508. The average Bonchev–Trinajstić information content (AvgIpc) is 2.02. The molecule has 0 amide bonds. The molecule has 0 unspecified atom stereocenters. The number of nitrogens with zero attached hydrogens (tertiary/aromatic N) is 2. The summed E-state index contributed by atoms with van der Waals surface area (Å²) in [6.45, 7) is 0. The van der Waals surface area contributed by atoms with Crippen molar-refractivity contribution in [2.45, 2.75) is 30.9 Å². The van der Waals surface area contributed by atoms with E-state index in [1.807, 2.05) is 0 Å². The molecule has 0 aromatic heterocycles. The Morgan fingerprint density at radius 1 is 1.15 bits per heavy atom. The summed E-state index contributed by atoms with van der Waals surface area (Å²) in [6.07, 6.45) is 0.0865. The van der Waals surface area contributed by atoms with Gasteiger partial charge in [0.2, 0.25) is 0 Å². The van der Waals surface area contributed by atoms with Crippen LogP contribution in [0.15, 0.2) is 0 Å². The summed E-state index contributed by atoms with van der Waals surface area (Å²) in [6, 6.07) is 3.52. The second kappa shape index (κ2) is 5.52. The van der Waals surface area contributed by atoms with Gasteiger partial charge in [-0.25, -0.2) is 8.42 Å². The van der Waals surface area contributed by atoms with Crippen LogP contribution in [0.1, 0.15) is 25.7 Å². The first-order valence-electron chi connectivity index (χ1n) is 3.71. The third kappa shape index (κ3) is 5.18. The highest BCUT2D eigenvalue weighted by Crippen LogP contribution is 2.12. The lowest BCUT2D eigenvalue weighted by Crippen LogP contribution is -2.20. The van der Waals surface area contributed by atoms with E-state index in [9.17, 15) is 13.0 Å². The van der Waals surface area contributed by atoms with E-state index in [0.29, 0.717) is 0 Å². The molecule has 0 atom stereocenters. The van der Waals surface area contributed by atoms with Crippen molar-refractivity contribution in [3.05, 3.63) is 0 Å². The van der Waals surface area contributed by atoms with Crippen LogP contribution in [0.25, 0.3) is 0 Å².